The van der Waals surface area contributed by atoms with Crippen LogP contribution in [0.15, 0.2) is 0 Å². The summed E-state index contributed by atoms with van der Waals surface area (Å²) in [5, 5.41) is 0. The molecule has 0 spiro atoms. The molecule has 104 valence electrons. The molecule has 1 unspecified atom stereocenters. The minimum absolute atomic E-state index is 0.0971. The molecule has 0 heterocycles. The maximum atomic E-state index is 6.15. The number of unbranched alkanes of at least 4 members (excludes halogenated alkanes) is 1. The van der Waals surface area contributed by atoms with Gasteiger partial charge in [0.15, 0.2) is 0 Å². The van der Waals surface area contributed by atoms with E-state index in [9.17, 15) is 0 Å². The van der Waals surface area contributed by atoms with Crippen LogP contribution < -0.4 is 17.2 Å². The summed E-state index contributed by atoms with van der Waals surface area (Å²) in [5.74, 6) is 0.579. The molecule has 0 aromatic rings. The molecule has 3 heteroatoms. The Morgan fingerprint density at radius 1 is 0.941 bits per heavy atom. The summed E-state index contributed by atoms with van der Waals surface area (Å²) in [5.41, 5.74) is 17.1. The molecule has 1 atom stereocenters. The molecule has 0 aromatic heterocycles. The Kier molecular flexibility index (Phi) is 5.64. The first-order valence-electron chi connectivity index (χ1n) is 6.76. The summed E-state index contributed by atoms with van der Waals surface area (Å²) < 4.78 is 0. The molecule has 0 aliphatic carbocycles. The van der Waals surface area contributed by atoms with E-state index in [-0.39, 0.29) is 10.8 Å². The van der Waals surface area contributed by atoms with E-state index in [0.717, 1.165) is 13.0 Å². The van der Waals surface area contributed by atoms with Crippen molar-refractivity contribution in [3.8, 4) is 0 Å². The number of hydrogen-bond donors (Lipinski definition) is 3. The van der Waals surface area contributed by atoms with E-state index >= 15 is 0 Å². The van der Waals surface area contributed by atoms with Gasteiger partial charge >= 0.3 is 0 Å². The highest BCUT2D eigenvalue weighted by Gasteiger charge is 2.48. The summed E-state index contributed by atoms with van der Waals surface area (Å²) >= 11 is 0. The van der Waals surface area contributed by atoms with Gasteiger partial charge in [-0.25, -0.2) is 0 Å². The smallest absolute Gasteiger partial charge is 0.0665 e. The molecule has 0 aliphatic heterocycles. The minimum Gasteiger partial charge on any atom is -0.330 e. The van der Waals surface area contributed by atoms with Crippen LogP contribution in [0, 0.1) is 16.7 Å². The summed E-state index contributed by atoms with van der Waals surface area (Å²) in [6.07, 6.45) is 3.47. The standard InChI is InChI=1S/C14H33N3/c1-11(9-7-8-10-15)12(2,3)13(4,5)14(6,16)17/h11H,7-10,15-17H2,1-6H3. The Hall–Kier alpha value is -0.120. The second kappa shape index (κ2) is 5.68. The lowest BCUT2D eigenvalue weighted by atomic mass is 9.56. The van der Waals surface area contributed by atoms with E-state index in [0.29, 0.717) is 5.92 Å². The van der Waals surface area contributed by atoms with Crippen LogP contribution in [0.5, 0.6) is 0 Å². The molecule has 6 N–H and O–H groups in total. The molecule has 0 rings (SSSR count). The maximum Gasteiger partial charge on any atom is 0.0665 e. The van der Waals surface area contributed by atoms with Gasteiger partial charge in [0.25, 0.3) is 0 Å². The van der Waals surface area contributed by atoms with Crippen molar-refractivity contribution in [3.63, 3.8) is 0 Å². The average molecular weight is 243 g/mol. The van der Waals surface area contributed by atoms with Gasteiger partial charge < -0.3 is 17.2 Å². The number of hydrogen-bond acceptors (Lipinski definition) is 3. The fourth-order valence-electron chi connectivity index (χ4n) is 2.27. The molecule has 0 fully saturated rings. The summed E-state index contributed by atoms with van der Waals surface area (Å²) in [7, 11) is 0. The van der Waals surface area contributed by atoms with Crippen LogP contribution in [0.4, 0.5) is 0 Å². The Labute approximate surface area is 108 Å². The van der Waals surface area contributed by atoms with E-state index in [4.69, 9.17) is 17.2 Å². The monoisotopic (exact) mass is 243 g/mol. The highest BCUT2D eigenvalue weighted by atomic mass is 15.0. The molecule has 3 nitrogen and oxygen atoms in total. The summed E-state index contributed by atoms with van der Waals surface area (Å²) in [6.45, 7) is 13.9. The minimum atomic E-state index is -0.668. The predicted molar refractivity (Wildman–Crippen MR) is 76.4 cm³/mol. The van der Waals surface area contributed by atoms with Crippen molar-refractivity contribution in [1.29, 1.82) is 0 Å². The van der Waals surface area contributed by atoms with Crippen molar-refractivity contribution in [3.05, 3.63) is 0 Å². The third kappa shape index (κ3) is 3.67. The van der Waals surface area contributed by atoms with Crippen molar-refractivity contribution in [2.75, 3.05) is 6.54 Å². The van der Waals surface area contributed by atoms with Gasteiger partial charge in [0, 0.05) is 5.41 Å². The van der Waals surface area contributed by atoms with Gasteiger partial charge in [0.05, 0.1) is 5.66 Å². The number of nitrogens with two attached hydrogens (primary N) is 3. The van der Waals surface area contributed by atoms with Gasteiger partial charge in [-0.1, -0.05) is 47.5 Å². The first-order chi connectivity index (χ1) is 7.48. The second-order valence-corrected chi connectivity index (χ2v) is 6.81. The van der Waals surface area contributed by atoms with Crippen LogP contribution in [-0.2, 0) is 0 Å². The van der Waals surface area contributed by atoms with Crippen molar-refractivity contribution in [1.82, 2.24) is 0 Å². The van der Waals surface area contributed by atoms with Gasteiger partial charge in [0.2, 0.25) is 0 Å². The van der Waals surface area contributed by atoms with Crippen LogP contribution in [0.1, 0.15) is 60.8 Å². The number of rotatable bonds is 7. The molecule has 0 radical (unpaired) electrons. The molecule has 0 saturated heterocycles. The van der Waals surface area contributed by atoms with Crippen LogP contribution in [0.2, 0.25) is 0 Å². The first kappa shape index (κ1) is 16.9. The molecule has 0 aliphatic rings. The van der Waals surface area contributed by atoms with E-state index in [1.165, 1.54) is 12.8 Å². The van der Waals surface area contributed by atoms with E-state index in [1.807, 2.05) is 6.92 Å². The molecule has 0 aromatic carbocycles. The summed E-state index contributed by atoms with van der Waals surface area (Å²) in [6, 6.07) is 0. The van der Waals surface area contributed by atoms with E-state index in [1.54, 1.807) is 0 Å². The topological polar surface area (TPSA) is 78.1 Å². The van der Waals surface area contributed by atoms with Crippen LogP contribution in [0.3, 0.4) is 0 Å². The third-order valence-corrected chi connectivity index (χ3v) is 5.28. The largest absolute Gasteiger partial charge is 0.330 e. The van der Waals surface area contributed by atoms with Crippen molar-refractivity contribution in [2.24, 2.45) is 33.9 Å². The maximum absolute atomic E-state index is 6.15. The van der Waals surface area contributed by atoms with Gasteiger partial charge in [0.1, 0.15) is 0 Å². The molecular weight excluding hydrogens is 210 g/mol. The van der Waals surface area contributed by atoms with Gasteiger partial charge in [-0.2, -0.15) is 0 Å². The molecule has 0 saturated carbocycles. The van der Waals surface area contributed by atoms with E-state index in [2.05, 4.69) is 34.6 Å². The van der Waals surface area contributed by atoms with Crippen molar-refractivity contribution < 1.29 is 0 Å². The lowest BCUT2D eigenvalue weighted by molar-refractivity contribution is -0.0173. The van der Waals surface area contributed by atoms with Crippen LogP contribution >= 0.6 is 0 Å². The highest BCUT2D eigenvalue weighted by Crippen LogP contribution is 2.49. The Morgan fingerprint density at radius 3 is 1.76 bits per heavy atom. The first-order valence-corrected chi connectivity index (χ1v) is 6.76. The lowest BCUT2D eigenvalue weighted by Gasteiger charge is -2.53. The Bertz CT molecular complexity index is 226. The SMILES string of the molecule is CC(CCCCN)C(C)(C)C(C)(C)C(C)(N)N. The zero-order chi connectivity index (χ0) is 13.9. The molecule has 0 amide bonds. The Morgan fingerprint density at radius 2 is 1.41 bits per heavy atom. The molecular formula is C14H33N3. The van der Waals surface area contributed by atoms with E-state index < -0.39 is 5.66 Å². The van der Waals surface area contributed by atoms with Gasteiger partial charge in [-0.05, 0) is 31.2 Å². The molecule has 17 heavy (non-hydrogen) atoms. The molecule has 0 bridgehead atoms. The zero-order valence-electron chi connectivity index (χ0n) is 12.6. The van der Waals surface area contributed by atoms with Crippen LogP contribution in [0.25, 0.3) is 0 Å². The highest BCUT2D eigenvalue weighted by molar-refractivity contribution is 5.00. The zero-order valence-corrected chi connectivity index (χ0v) is 12.6. The third-order valence-electron chi connectivity index (χ3n) is 5.28. The van der Waals surface area contributed by atoms with Crippen molar-refractivity contribution >= 4 is 0 Å². The Balaban J connectivity index is 4.75. The normalized spacial score (nSPS) is 16.1. The van der Waals surface area contributed by atoms with Gasteiger partial charge in [-0.3, -0.25) is 0 Å². The van der Waals surface area contributed by atoms with Crippen molar-refractivity contribution in [2.45, 2.75) is 66.5 Å². The predicted octanol–water partition coefficient (Wildman–Crippen LogP) is 2.44. The average Bonchev–Trinajstić information content (AvgIpc) is 2.15. The fraction of sp³-hybridized carbons (Fsp3) is 1.00. The fourth-order valence-corrected chi connectivity index (χ4v) is 2.27. The van der Waals surface area contributed by atoms with Crippen LogP contribution in [-0.4, -0.2) is 12.2 Å². The lowest BCUT2D eigenvalue weighted by Crippen LogP contribution is -2.64. The second-order valence-electron chi connectivity index (χ2n) is 6.81. The summed E-state index contributed by atoms with van der Waals surface area (Å²) in [4.78, 5) is 0. The quantitative estimate of drug-likeness (QED) is 0.475. The van der Waals surface area contributed by atoms with Gasteiger partial charge in [-0.15, -0.1) is 0 Å².